The number of hydrogen-bond acceptors (Lipinski definition) is 3. The maximum absolute atomic E-state index is 12.3. The second kappa shape index (κ2) is 4.76. The van der Waals surface area contributed by atoms with Gasteiger partial charge in [-0.15, -0.1) is 11.3 Å². The van der Waals surface area contributed by atoms with E-state index in [0.717, 1.165) is 21.8 Å². The molecule has 2 aromatic heterocycles. The molecule has 4 nitrogen and oxygen atoms in total. The predicted octanol–water partition coefficient (Wildman–Crippen LogP) is 3.57. The molecule has 102 valence electrons. The van der Waals surface area contributed by atoms with Crippen LogP contribution in [0.4, 0.5) is 5.69 Å². The Balaban J connectivity index is 1.91. The van der Waals surface area contributed by atoms with E-state index in [1.54, 1.807) is 6.20 Å². The lowest BCUT2D eigenvalue weighted by atomic mass is 10.1. The van der Waals surface area contributed by atoms with Crippen LogP contribution < -0.4 is 5.32 Å². The molecule has 20 heavy (non-hydrogen) atoms. The number of carbonyl (C=O) groups excluding carboxylic acids is 1. The van der Waals surface area contributed by atoms with Crippen molar-refractivity contribution < 1.29 is 4.79 Å². The van der Waals surface area contributed by atoms with Gasteiger partial charge in [-0.1, -0.05) is 17.7 Å². The van der Waals surface area contributed by atoms with Crippen LogP contribution in [0.25, 0.3) is 4.96 Å². The summed E-state index contributed by atoms with van der Waals surface area (Å²) >= 11 is 1.51. The van der Waals surface area contributed by atoms with Crippen molar-refractivity contribution in [3.05, 3.63) is 52.3 Å². The topological polar surface area (TPSA) is 46.4 Å². The largest absolute Gasteiger partial charge is 0.320 e. The standard InChI is InChI=1S/C15H15N3OS/c1-9-6-10(2)13(11(3)7-9)17-14(19)12-8-18-4-5-20-15(18)16-12/h4-8H,1-3H3,(H,17,19). The van der Waals surface area contributed by atoms with Crippen LogP contribution in [-0.2, 0) is 0 Å². The zero-order valence-electron chi connectivity index (χ0n) is 11.6. The van der Waals surface area contributed by atoms with Gasteiger partial charge < -0.3 is 5.32 Å². The highest BCUT2D eigenvalue weighted by Gasteiger charge is 2.14. The van der Waals surface area contributed by atoms with Crippen molar-refractivity contribution in [1.82, 2.24) is 9.38 Å². The molecular formula is C15H15N3OS. The Morgan fingerprint density at radius 2 is 1.95 bits per heavy atom. The number of thiazole rings is 1. The van der Waals surface area contributed by atoms with Crippen LogP contribution in [0.2, 0.25) is 0 Å². The minimum atomic E-state index is -0.170. The third-order valence-electron chi connectivity index (χ3n) is 3.24. The third-order valence-corrected chi connectivity index (χ3v) is 4.01. The molecule has 0 aliphatic carbocycles. The van der Waals surface area contributed by atoms with E-state index in [-0.39, 0.29) is 5.91 Å². The second-order valence-electron chi connectivity index (χ2n) is 4.95. The quantitative estimate of drug-likeness (QED) is 0.782. The van der Waals surface area contributed by atoms with Gasteiger partial charge in [0.25, 0.3) is 5.91 Å². The van der Waals surface area contributed by atoms with E-state index in [0.29, 0.717) is 5.69 Å². The van der Waals surface area contributed by atoms with Crippen LogP contribution in [0.1, 0.15) is 27.2 Å². The Morgan fingerprint density at radius 1 is 1.25 bits per heavy atom. The maximum Gasteiger partial charge on any atom is 0.275 e. The van der Waals surface area contributed by atoms with Crippen molar-refractivity contribution in [3.8, 4) is 0 Å². The first-order valence-electron chi connectivity index (χ1n) is 6.36. The minimum Gasteiger partial charge on any atom is -0.320 e. The first-order valence-corrected chi connectivity index (χ1v) is 7.24. The zero-order valence-corrected chi connectivity index (χ0v) is 12.4. The second-order valence-corrected chi connectivity index (χ2v) is 5.82. The van der Waals surface area contributed by atoms with Gasteiger partial charge in [0.05, 0.1) is 0 Å². The van der Waals surface area contributed by atoms with Gasteiger partial charge in [0, 0.05) is 23.5 Å². The number of fused-ring (bicyclic) bond motifs is 1. The van der Waals surface area contributed by atoms with Crippen LogP contribution in [0.5, 0.6) is 0 Å². The number of rotatable bonds is 2. The summed E-state index contributed by atoms with van der Waals surface area (Å²) in [6.45, 7) is 6.05. The van der Waals surface area contributed by atoms with Crippen LogP contribution in [0, 0.1) is 20.8 Å². The SMILES string of the molecule is Cc1cc(C)c(NC(=O)c2cn3ccsc3n2)c(C)c1. The number of imidazole rings is 1. The van der Waals surface area contributed by atoms with E-state index in [2.05, 4.69) is 29.4 Å². The third kappa shape index (κ3) is 2.20. The fraction of sp³-hybridized carbons (Fsp3) is 0.200. The number of nitrogens with zero attached hydrogens (tertiary/aromatic N) is 2. The van der Waals surface area contributed by atoms with Gasteiger partial charge >= 0.3 is 0 Å². The Labute approximate surface area is 121 Å². The summed E-state index contributed by atoms with van der Waals surface area (Å²) < 4.78 is 1.86. The van der Waals surface area contributed by atoms with E-state index in [1.165, 1.54) is 16.9 Å². The van der Waals surface area contributed by atoms with Crippen LogP contribution in [0.3, 0.4) is 0 Å². The molecule has 1 amide bonds. The summed E-state index contributed by atoms with van der Waals surface area (Å²) in [5.41, 5.74) is 4.64. The van der Waals surface area contributed by atoms with Gasteiger partial charge in [-0.05, 0) is 31.9 Å². The molecule has 5 heteroatoms. The monoisotopic (exact) mass is 285 g/mol. The van der Waals surface area contributed by atoms with Crippen molar-refractivity contribution in [3.63, 3.8) is 0 Å². The van der Waals surface area contributed by atoms with E-state index in [9.17, 15) is 4.79 Å². The molecule has 0 saturated heterocycles. The van der Waals surface area contributed by atoms with Crippen LogP contribution in [0.15, 0.2) is 29.9 Å². The molecule has 3 rings (SSSR count). The Bertz CT molecular complexity index is 749. The van der Waals surface area contributed by atoms with E-state index in [1.807, 2.05) is 29.8 Å². The molecule has 0 saturated carbocycles. The average molecular weight is 285 g/mol. The van der Waals surface area contributed by atoms with Crippen molar-refractivity contribution in [1.29, 1.82) is 0 Å². The van der Waals surface area contributed by atoms with E-state index >= 15 is 0 Å². The molecule has 0 spiro atoms. The molecule has 0 atom stereocenters. The first kappa shape index (κ1) is 12.9. The fourth-order valence-corrected chi connectivity index (χ4v) is 3.09. The number of amides is 1. The van der Waals surface area contributed by atoms with Crippen molar-refractivity contribution >= 4 is 27.9 Å². The predicted molar refractivity (Wildman–Crippen MR) is 81.7 cm³/mol. The lowest BCUT2D eigenvalue weighted by Gasteiger charge is -2.11. The molecule has 0 aliphatic rings. The summed E-state index contributed by atoms with van der Waals surface area (Å²) in [4.78, 5) is 17.4. The fourth-order valence-electron chi connectivity index (χ4n) is 2.39. The molecule has 2 heterocycles. The maximum atomic E-state index is 12.3. The lowest BCUT2D eigenvalue weighted by molar-refractivity contribution is 0.102. The normalized spacial score (nSPS) is 10.9. The number of aromatic nitrogens is 2. The summed E-state index contributed by atoms with van der Waals surface area (Å²) in [5, 5.41) is 4.91. The zero-order chi connectivity index (χ0) is 14.3. The average Bonchev–Trinajstić information content (AvgIpc) is 2.93. The molecule has 3 aromatic rings. The number of carbonyl (C=O) groups is 1. The van der Waals surface area contributed by atoms with Crippen LogP contribution in [-0.4, -0.2) is 15.3 Å². The molecule has 0 unspecified atom stereocenters. The van der Waals surface area contributed by atoms with Gasteiger partial charge in [0.2, 0.25) is 0 Å². The van der Waals surface area contributed by atoms with Crippen molar-refractivity contribution in [2.75, 3.05) is 5.32 Å². The van der Waals surface area contributed by atoms with Gasteiger partial charge in [0.1, 0.15) is 5.69 Å². The lowest BCUT2D eigenvalue weighted by Crippen LogP contribution is -2.14. The summed E-state index contributed by atoms with van der Waals surface area (Å²) in [6.07, 6.45) is 3.65. The Kier molecular flexibility index (Phi) is 3.06. The van der Waals surface area contributed by atoms with Gasteiger partial charge in [-0.2, -0.15) is 0 Å². The van der Waals surface area contributed by atoms with Gasteiger partial charge in [-0.25, -0.2) is 4.98 Å². The van der Waals surface area contributed by atoms with Crippen LogP contribution >= 0.6 is 11.3 Å². The van der Waals surface area contributed by atoms with Crippen molar-refractivity contribution in [2.45, 2.75) is 20.8 Å². The highest BCUT2D eigenvalue weighted by atomic mass is 32.1. The Morgan fingerprint density at radius 3 is 2.60 bits per heavy atom. The number of anilines is 1. The number of aryl methyl sites for hydroxylation is 3. The highest BCUT2D eigenvalue weighted by Crippen LogP contribution is 2.22. The molecule has 1 N–H and O–H groups in total. The summed E-state index contributed by atoms with van der Waals surface area (Å²) in [6, 6.07) is 4.13. The summed E-state index contributed by atoms with van der Waals surface area (Å²) in [7, 11) is 0. The van der Waals surface area contributed by atoms with Gasteiger partial charge in [0.15, 0.2) is 4.96 Å². The first-order chi connectivity index (χ1) is 9.54. The van der Waals surface area contributed by atoms with Gasteiger partial charge in [-0.3, -0.25) is 9.20 Å². The number of nitrogens with one attached hydrogen (secondary N) is 1. The molecule has 0 aliphatic heterocycles. The smallest absolute Gasteiger partial charge is 0.275 e. The minimum absolute atomic E-state index is 0.170. The van der Waals surface area contributed by atoms with E-state index in [4.69, 9.17) is 0 Å². The summed E-state index contributed by atoms with van der Waals surface area (Å²) in [5.74, 6) is -0.170. The molecular weight excluding hydrogens is 270 g/mol. The molecule has 0 radical (unpaired) electrons. The molecule has 0 fully saturated rings. The molecule has 0 bridgehead atoms. The Hall–Kier alpha value is -2.14. The number of benzene rings is 1. The number of hydrogen-bond donors (Lipinski definition) is 1. The highest BCUT2D eigenvalue weighted by molar-refractivity contribution is 7.15. The molecule has 1 aromatic carbocycles. The van der Waals surface area contributed by atoms with Crippen molar-refractivity contribution in [2.24, 2.45) is 0 Å². The van der Waals surface area contributed by atoms with E-state index < -0.39 is 0 Å².